The molecule has 0 unspecified atom stereocenters. The quantitative estimate of drug-likeness (QED) is 0.683. The van der Waals surface area contributed by atoms with Crippen molar-refractivity contribution in [2.24, 2.45) is 0 Å². The fraction of sp³-hybridized carbons (Fsp3) is 0.217. The molecule has 29 heavy (non-hydrogen) atoms. The number of nitrogens with one attached hydrogen (secondary N) is 2. The predicted octanol–water partition coefficient (Wildman–Crippen LogP) is 2.89. The van der Waals surface area contributed by atoms with Gasteiger partial charge in [-0.25, -0.2) is 0 Å². The van der Waals surface area contributed by atoms with Gasteiger partial charge < -0.3 is 15.1 Å². The number of nitrogens with zero attached hydrogens (tertiary/aromatic N) is 2. The molecule has 1 fully saturated rings. The molecule has 3 aromatic rings. The lowest BCUT2D eigenvalue weighted by atomic mass is 10.2. The van der Waals surface area contributed by atoms with E-state index in [0.717, 1.165) is 43.4 Å². The first-order valence-electron chi connectivity index (χ1n) is 9.82. The summed E-state index contributed by atoms with van der Waals surface area (Å²) in [5, 5.41) is 3.77. The highest BCUT2D eigenvalue weighted by Crippen LogP contribution is 2.19. The highest BCUT2D eigenvalue weighted by Gasteiger charge is 2.21. The van der Waals surface area contributed by atoms with Gasteiger partial charge in [-0.3, -0.25) is 9.78 Å². The molecule has 1 amide bonds. The first kappa shape index (κ1) is 19.4. The molecule has 2 N–H and O–H groups in total. The maximum absolute atomic E-state index is 12.2. The maximum Gasteiger partial charge on any atom is 0.257 e. The third kappa shape index (κ3) is 4.94. The van der Waals surface area contributed by atoms with Gasteiger partial charge >= 0.3 is 0 Å². The summed E-state index contributed by atoms with van der Waals surface area (Å²) in [6.07, 6.45) is 3.22. The van der Waals surface area contributed by atoms with Crippen LogP contribution in [0.5, 0.6) is 0 Å². The third-order valence-corrected chi connectivity index (χ3v) is 5.65. The van der Waals surface area contributed by atoms with Gasteiger partial charge in [-0.05, 0) is 42.5 Å². The standard InChI is InChI=1S/C23H23ClN4O/c24-22-6-2-1-4-19(22)17-27-12-14-28(15-13-27)21-9-7-20(8-10-21)26-23(29)18-5-3-11-25-16-18/h1-11,16H,12-15,17H2,(H,26,29)/p+1. The molecule has 0 atom stereocenters. The van der Waals surface area contributed by atoms with E-state index in [1.54, 1.807) is 29.4 Å². The summed E-state index contributed by atoms with van der Waals surface area (Å²) in [5.74, 6) is -0.150. The second-order valence-corrected chi connectivity index (χ2v) is 7.66. The Morgan fingerprint density at radius 2 is 1.79 bits per heavy atom. The Bertz CT molecular complexity index is 954. The van der Waals surface area contributed by atoms with Crippen molar-refractivity contribution in [3.63, 3.8) is 0 Å². The lowest BCUT2D eigenvalue weighted by Crippen LogP contribution is -3.13. The normalized spacial score (nSPS) is 14.6. The van der Waals surface area contributed by atoms with Crippen LogP contribution < -0.4 is 15.1 Å². The van der Waals surface area contributed by atoms with Crippen molar-refractivity contribution in [1.82, 2.24) is 4.98 Å². The summed E-state index contributed by atoms with van der Waals surface area (Å²) in [6, 6.07) is 19.6. The van der Waals surface area contributed by atoms with Gasteiger partial charge in [0.25, 0.3) is 5.91 Å². The van der Waals surface area contributed by atoms with Gasteiger partial charge in [0.1, 0.15) is 6.54 Å². The van der Waals surface area contributed by atoms with Gasteiger partial charge in [0, 0.05) is 34.4 Å². The molecule has 0 aliphatic carbocycles. The Morgan fingerprint density at radius 1 is 1.03 bits per heavy atom. The molecule has 2 aromatic carbocycles. The molecule has 2 heterocycles. The van der Waals surface area contributed by atoms with Gasteiger partial charge in [0.15, 0.2) is 0 Å². The zero-order valence-corrected chi connectivity index (χ0v) is 16.9. The summed E-state index contributed by atoms with van der Waals surface area (Å²) in [4.78, 5) is 20.2. The fourth-order valence-electron chi connectivity index (χ4n) is 3.62. The zero-order valence-electron chi connectivity index (χ0n) is 16.1. The highest BCUT2D eigenvalue weighted by atomic mass is 35.5. The monoisotopic (exact) mass is 407 g/mol. The third-order valence-electron chi connectivity index (χ3n) is 5.28. The van der Waals surface area contributed by atoms with Gasteiger partial charge in [-0.1, -0.05) is 29.8 Å². The second kappa shape index (κ2) is 9.07. The number of piperazine rings is 1. The van der Waals surface area contributed by atoms with Crippen LogP contribution in [0.15, 0.2) is 73.1 Å². The zero-order chi connectivity index (χ0) is 20.1. The summed E-state index contributed by atoms with van der Waals surface area (Å²) in [5.41, 5.74) is 3.73. The van der Waals surface area contributed by atoms with Crippen LogP contribution in [-0.2, 0) is 6.54 Å². The lowest BCUT2D eigenvalue weighted by Gasteiger charge is -2.34. The Balaban J connectivity index is 1.31. The molecule has 1 aliphatic rings. The van der Waals surface area contributed by atoms with Crippen LogP contribution in [0, 0.1) is 0 Å². The number of amides is 1. The Morgan fingerprint density at radius 3 is 2.48 bits per heavy atom. The van der Waals surface area contributed by atoms with Gasteiger partial charge in [0.2, 0.25) is 0 Å². The summed E-state index contributed by atoms with van der Waals surface area (Å²) in [7, 11) is 0. The summed E-state index contributed by atoms with van der Waals surface area (Å²) in [6.45, 7) is 5.12. The molecule has 148 valence electrons. The number of pyridine rings is 1. The average Bonchev–Trinajstić information content (AvgIpc) is 2.77. The number of hydrogen-bond donors (Lipinski definition) is 2. The minimum absolute atomic E-state index is 0.150. The van der Waals surface area contributed by atoms with Crippen molar-refractivity contribution in [2.75, 3.05) is 36.4 Å². The van der Waals surface area contributed by atoms with Crippen molar-refractivity contribution in [2.45, 2.75) is 6.54 Å². The van der Waals surface area contributed by atoms with E-state index in [-0.39, 0.29) is 5.91 Å². The molecule has 1 aliphatic heterocycles. The number of halogens is 1. The van der Waals surface area contributed by atoms with Crippen LogP contribution >= 0.6 is 11.6 Å². The van der Waals surface area contributed by atoms with E-state index >= 15 is 0 Å². The van der Waals surface area contributed by atoms with E-state index in [1.807, 2.05) is 30.3 Å². The molecule has 5 nitrogen and oxygen atoms in total. The predicted molar refractivity (Wildman–Crippen MR) is 117 cm³/mol. The van der Waals surface area contributed by atoms with Gasteiger partial charge in [0.05, 0.1) is 31.7 Å². The maximum atomic E-state index is 12.2. The van der Waals surface area contributed by atoms with Crippen LogP contribution in [-0.4, -0.2) is 37.1 Å². The van der Waals surface area contributed by atoms with E-state index in [9.17, 15) is 4.79 Å². The van der Waals surface area contributed by atoms with E-state index < -0.39 is 0 Å². The number of carbonyl (C=O) groups is 1. The van der Waals surface area contributed by atoms with E-state index in [2.05, 4.69) is 33.4 Å². The number of benzene rings is 2. The summed E-state index contributed by atoms with van der Waals surface area (Å²) >= 11 is 6.30. The van der Waals surface area contributed by atoms with Crippen molar-refractivity contribution in [3.05, 3.63) is 89.2 Å². The van der Waals surface area contributed by atoms with E-state index in [1.165, 1.54) is 11.3 Å². The van der Waals surface area contributed by atoms with Crippen molar-refractivity contribution in [1.29, 1.82) is 0 Å². The number of quaternary nitrogens is 1. The number of rotatable bonds is 5. The first-order valence-corrected chi connectivity index (χ1v) is 10.2. The smallest absolute Gasteiger partial charge is 0.257 e. The molecule has 0 radical (unpaired) electrons. The molecule has 1 aromatic heterocycles. The minimum atomic E-state index is -0.150. The number of carbonyl (C=O) groups excluding carboxylic acids is 1. The second-order valence-electron chi connectivity index (χ2n) is 7.25. The van der Waals surface area contributed by atoms with Crippen LogP contribution in [0.25, 0.3) is 0 Å². The molecule has 0 spiro atoms. The first-order chi connectivity index (χ1) is 14.2. The lowest BCUT2D eigenvalue weighted by molar-refractivity contribution is -0.914. The minimum Gasteiger partial charge on any atom is -0.360 e. The molecule has 6 heteroatoms. The van der Waals surface area contributed by atoms with E-state index in [0.29, 0.717) is 5.56 Å². The van der Waals surface area contributed by atoms with Gasteiger partial charge in [-0.2, -0.15) is 0 Å². The summed E-state index contributed by atoms with van der Waals surface area (Å²) < 4.78 is 0. The number of hydrogen-bond acceptors (Lipinski definition) is 3. The van der Waals surface area contributed by atoms with Gasteiger partial charge in [-0.15, -0.1) is 0 Å². The molecule has 0 saturated carbocycles. The van der Waals surface area contributed by atoms with Crippen molar-refractivity contribution >= 4 is 28.9 Å². The molecular formula is C23H24ClN4O+. The van der Waals surface area contributed by atoms with Crippen molar-refractivity contribution in [3.8, 4) is 0 Å². The van der Waals surface area contributed by atoms with E-state index in [4.69, 9.17) is 11.6 Å². The van der Waals surface area contributed by atoms with Crippen LogP contribution in [0.1, 0.15) is 15.9 Å². The van der Waals surface area contributed by atoms with Crippen molar-refractivity contribution < 1.29 is 9.69 Å². The molecule has 1 saturated heterocycles. The fourth-order valence-corrected chi connectivity index (χ4v) is 3.83. The Kier molecular flexibility index (Phi) is 6.08. The topological polar surface area (TPSA) is 49.7 Å². The number of aromatic nitrogens is 1. The molecular weight excluding hydrogens is 384 g/mol. The number of anilines is 2. The molecule has 4 rings (SSSR count). The van der Waals surface area contributed by atoms with Crippen LogP contribution in [0.3, 0.4) is 0 Å². The highest BCUT2D eigenvalue weighted by molar-refractivity contribution is 6.31. The van der Waals surface area contributed by atoms with Crippen LogP contribution in [0.4, 0.5) is 11.4 Å². The van der Waals surface area contributed by atoms with Crippen LogP contribution in [0.2, 0.25) is 5.02 Å². The largest absolute Gasteiger partial charge is 0.360 e. The average molecular weight is 408 g/mol. The Labute approximate surface area is 175 Å². The molecule has 0 bridgehead atoms. The SMILES string of the molecule is O=C(Nc1ccc(N2CC[NH+](Cc3ccccc3Cl)CC2)cc1)c1cccnc1. The Hall–Kier alpha value is -2.89.